The maximum atomic E-state index is 14.3. The zero-order chi connectivity index (χ0) is 38.9. The fourth-order valence-corrected chi connectivity index (χ4v) is 7.08. The van der Waals surface area contributed by atoms with Crippen LogP contribution in [0.4, 0.5) is 18.0 Å². The first-order chi connectivity index (χ1) is 23.2. The number of carbonyl (C=O) groups excluding carboxylic acids is 4. The number of rotatable bonds is 14. The summed E-state index contributed by atoms with van der Waals surface area (Å²) in [6.45, 7) is 14.9. The number of hydrogen-bond acceptors (Lipinski definition) is 6. The van der Waals surface area contributed by atoms with Crippen molar-refractivity contribution in [1.29, 1.82) is 0 Å². The molecule has 5 amide bonds. The molecule has 0 aromatic heterocycles. The highest BCUT2D eigenvalue weighted by molar-refractivity contribution is 7.88. The van der Waals surface area contributed by atoms with Gasteiger partial charge in [-0.15, -0.1) is 0 Å². The molecule has 1 saturated heterocycles. The molecule has 0 spiro atoms. The number of sulfonamides is 1. The van der Waals surface area contributed by atoms with Crippen LogP contribution in [0, 0.1) is 33.9 Å². The van der Waals surface area contributed by atoms with Gasteiger partial charge in [0.1, 0.15) is 23.9 Å². The van der Waals surface area contributed by atoms with Crippen LogP contribution in [0.3, 0.4) is 0 Å². The molecular formula is C35H55F3N6O6S. The minimum absolute atomic E-state index is 0.0176. The molecule has 4 N–H and O–H groups in total. The van der Waals surface area contributed by atoms with E-state index in [-0.39, 0.29) is 36.9 Å². The number of fused-ring (bicyclic) bond motifs is 1. The molecule has 12 nitrogen and oxygen atoms in total. The number of nitrogens with zero attached hydrogens (tertiary/aromatic N) is 2. The van der Waals surface area contributed by atoms with Crippen LogP contribution >= 0.6 is 0 Å². The van der Waals surface area contributed by atoms with Gasteiger partial charge >= 0.3 is 6.03 Å². The standard InChI is InChI=1S/C35H55F3N6O6S/c1-33(2,3)24(19-43(9)51(10,49)50)41-32(48)42-28(34(4,5)6)31(47)44-18-22-26(35(22,7)8)27(44)30(46)40-23(17-25(37)38)29(45)39-16-15-20-11-13-21(36)14-12-20/h11-14,22-28H,15-19H2,1-10H3,(H,39,45)(H,40,46)(H2,41,42,48)/t22-,23-,24+,26-,27-,28+/m0/s1. The van der Waals surface area contributed by atoms with E-state index in [1.165, 1.54) is 24.1 Å². The van der Waals surface area contributed by atoms with Crippen LogP contribution < -0.4 is 21.3 Å². The number of halogens is 3. The van der Waals surface area contributed by atoms with Gasteiger partial charge in [0.25, 0.3) is 0 Å². The van der Waals surface area contributed by atoms with Crippen LogP contribution in [0.15, 0.2) is 24.3 Å². The lowest BCUT2D eigenvalue weighted by molar-refractivity contribution is -0.144. The van der Waals surface area contributed by atoms with E-state index in [0.29, 0.717) is 6.42 Å². The smallest absolute Gasteiger partial charge is 0.315 e. The Hall–Kier alpha value is -3.40. The zero-order valence-electron chi connectivity index (χ0n) is 31.3. The van der Waals surface area contributed by atoms with Crippen molar-refractivity contribution in [3.05, 3.63) is 35.6 Å². The molecule has 51 heavy (non-hydrogen) atoms. The van der Waals surface area contributed by atoms with E-state index in [1.807, 2.05) is 34.6 Å². The second-order valence-corrected chi connectivity index (χ2v) is 18.7. The summed E-state index contributed by atoms with van der Waals surface area (Å²) in [5.74, 6) is -2.89. The van der Waals surface area contributed by atoms with Gasteiger partial charge in [-0.1, -0.05) is 67.5 Å². The zero-order valence-corrected chi connectivity index (χ0v) is 32.1. The summed E-state index contributed by atoms with van der Waals surface area (Å²) < 4.78 is 65.9. The van der Waals surface area contributed by atoms with Gasteiger partial charge in [-0.2, -0.15) is 0 Å². The first-order valence-electron chi connectivity index (χ1n) is 17.1. The first kappa shape index (κ1) is 42.0. The van der Waals surface area contributed by atoms with E-state index in [0.717, 1.165) is 16.1 Å². The lowest BCUT2D eigenvalue weighted by atomic mass is 9.85. The highest BCUT2D eigenvalue weighted by Crippen LogP contribution is 2.65. The SMILES string of the molecule is CN(C[C@@H](NC(=O)N[C@H](C(=O)N1C[C@H]2[C@@H]([C@H]1C(=O)N[C@@H](CC(F)F)C(=O)NCCc1ccc(F)cc1)C2(C)C)C(C)(C)C)C(C)(C)C)S(C)(=O)=O. The van der Waals surface area contributed by atoms with E-state index in [9.17, 15) is 40.8 Å². The number of urea groups is 1. The van der Waals surface area contributed by atoms with Gasteiger partial charge in [0.15, 0.2) is 0 Å². The summed E-state index contributed by atoms with van der Waals surface area (Å²) >= 11 is 0. The van der Waals surface area contributed by atoms with Crippen molar-refractivity contribution in [3.8, 4) is 0 Å². The number of alkyl halides is 2. The minimum Gasteiger partial charge on any atom is -0.354 e. The monoisotopic (exact) mass is 744 g/mol. The third-order valence-electron chi connectivity index (χ3n) is 10.2. The normalized spacial score (nSPS) is 21.8. The number of nitrogens with one attached hydrogen (secondary N) is 4. The highest BCUT2D eigenvalue weighted by atomic mass is 32.2. The van der Waals surface area contributed by atoms with Crippen molar-refractivity contribution >= 4 is 33.8 Å². The summed E-state index contributed by atoms with van der Waals surface area (Å²) in [6, 6.07) is 0.503. The molecule has 0 unspecified atom stereocenters. The number of likely N-dealkylation sites (tertiary alicyclic amines) is 1. The molecular weight excluding hydrogens is 689 g/mol. The molecule has 1 aromatic carbocycles. The lowest BCUT2D eigenvalue weighted by Crippen LogP contribution is -2.62. The van der Waals surface area contributed by atoms with Gasteiger partial charge in [-0.3, -0.25) is 14.4 Å². The minimum atomic E-state index is -3.54. The van der Waals surface area contributed by atoms with Gasteiger partial charge in [-0.25, -0.2) is 30.7 Å². The van der Waals surface area contributed by atoms with Crippen LogP contribution in [0.5, 0.6) is 0 Å². The summed E-state index contributed by atoms with van der Waals surface area (Å²) in [5, 5.41) is 10.6. The molecule has 1 saturated carbocycles. The number of carbonyl (C=O) groups is 4. The van der Waals surface area contributed by atoms with E-state index >= 15 is 0 Å². The molecule has 0 radical (unpaired) electrons. The van der Waals surface area contributed by atoms with Crippen molar-refractivity contribution in [3.63, 3.8) is 0 Å². The molecule has 0 bridgehead atoms. The van der Waals surface area contributed by atoms with Crippen molar-refractivity contribution < 1.29 is 40.8 Å². The molecule has 1 aliphatic carbocycles. The fraction of sp³-hybridized carbons (Fsp3) is 0.714. The van der Waals surface area contributed by atoms with Crippen molar-refractivity contribution in [2.45, 2.75) is 98.8 Å². The molecule has 3 rings (SSSR count). The number of piperidine rings is 1. The van der Waals surface area contributed by atoms with E-state index < -0.39 is 87.4 Å². The third-order valence-corrected chi connectivity index (χ3v) is 11.5. The van der Waals surface area contributed by atoms with Gasteiger partial charge in [-0.05, 0) is 52.2 Å². The summed E-state index contributed by atoms with van der Waals surface area (Å²) in [6.07, 6.45) is -2.48. The van der Waals surface area contributed by atoms with E-state index in [2.05, 4.69) is 21.3 Å². The molecule has 16 heteroatoms. The van der Waals surface area contributed by atoms with Gasteiger partial charge in [0.2, 0.25) is 34.2 Å². The van der Waals surface area contributed by atoms with Crippen LogP contribution in [-0.4, -0.2) is 105 Å². The van der Waals surface area contributed by atoms with Crippen LogP contribution in [0.2, 0.25) is 0 Å². The first-order valence-corrected chi connectivity index (χ1v) is 19.0. The predicted molar refractivity (Wildman–Crippen MR) is 188 cm³/mol. The Bertz CT molecular complexity index is 1540. The predicted octanol–water partition coefficient (Wildman–Crippen LogP) is 3.13. The average Bonchev–Trinajstić information content (AvgIpc) is 3.30. The van der Waals surface area contributed by atoms with Gasteiger partial charge < -0.3 is 26.2 Å². The van der Waals surface area contributed by atoms with Crippen molar-refractivity contribution in [1.82, 2.24) is 30.5 Å². The van der Waals surface area contributed by atoms with Crippen LogP contribution in [0.1, 0.15) is 67.4 Å². The van der Waals surface area contributed by atoms with E-state index in [4.69, 9.17) is 0 Å². The van der Waals surface area contributed by atoms with Gasteiger partial charge in [0.05, 0.1) is 6.26 Å². The highest BCUT2D eigenvalue weighted by Gasteiger charge is 2.70. The molecule has 6 atom stereocenters. The number of benzene rings is 1. The number of likely N-dealkylation sites (N-methyl/N-ethyl adjacent to an activating group) is 1. The van der Waals surface area contributed by atoms with Crippen molar-refractivity contribution in [2.75, 3.05) is 32.9 Å². The summed E-state index contributed by atoms with van der Waals surface area (Å²) in [7, 11) is -2.14. The molecule has 1 aliphatic heterocycles. The molecule has 1 heterocycles. The maximum absolute atomic E-state index is 14.3. The maximum Gasteiger partial charge on any atom is 0.315 e. The summed E-state index contributed by atoms with van der Waals surface area (Å²) in [5.41, 5.74) is -1.02. The molecule has 2 fully saturated rings. The molecule has 2 aliphatic rings. The summed E-state index contributed by atoms with van der Waals surface area (Å²) in [4.78, 5) is 56.1. The number of amides is 5. The average molecular weight is 745 g/mol. The third kappa shape index (κ3) is 10.8. The van der Waals surface area contributed by atoms with E-state index in [1.54, 1.807) is 32.9 Å². The Kier molecular flexibility index (Phi) is 12.9. The quantitative estimate of drug-likeness (QED) is 0.230. The number of hydrogen-bond donors (Lipinski definition) is 4. The molecule has 288 valence electrons. The second-order valence-electron chi connectivity index (χ2n) is 16.6. The Labute approximate surface area is 300 Å². The van der Waals surface area contributed by atoms with Crippen LogP contribution in [-0.2, 0) is 30.8 Å². The topological polar surface area (TPSA) is 157 Å². The Balaban J connectivity index is 1.79. The second kappa shape index (κ2) is 15.7. The Morgan fingerprint density at radius 2 is 1.57 bits per heavy atom. The Morgan fingerprint density at radius 3 is 2.08 bits per heavy atom. The van der Waals surface area contributed by atoms with Crippen LogP contribution in [0.25, 0.3) is 0 Å². The fourth-order valence-electron chi connectivity index (χ4n) is 6.66. The largest absolute Gasteiger partial charge is 0.354 e. The Morgan fingerprint density at radius 1 is 0.980 bits per heavy atom. The molecule has 1 aromatic rings. The van der Waals surface area contributed by atoms with Gasteiger partial charge in [0, 0.05) is 39.1 Å². The van der Waals surface area contributed by atoms with Crippen molar-refractivity contribution in [2.24, 2.45) is 28.1 Å². The lowest BCUT2D eigenvalue weighted by Gasteiger charge is -2.39.